The molecule has 1 atom stereocenters. The van der Waals surface area contributed by atoms with Crippen LogP contribution in [-0.2, 0) is 0 Å². The van der Waals surface area contributed by atoms with E-state index >= 15 is 0 Å². The molecule has 2 rings (SSSR count). The maximum absolute atomic E-state index is 5.87. The SMILES string of the molecule is CCNC(CSc1ccc(Cl)cn1)c1ccc(C)cc1C. The third kappa shape index (κ3) is 4.73. The van der Waals surface area contributed by atoms with Gasteiger partial charge in [0.25, 0.3) is 0 Å². The number of halogens is 1. The van der Waals surface area contributed by atoms with Gasteiger partial charge in [0.05, 0.1) is 10.0 Å². The highest BCUT2D eigenvalue weighted by Gasteiger charge is 2.13. The maximum atomic E-state index is 5.87. The summed E-state index contributed by atoms with van der Waals surface area (Å²) in [6, 6.07) is 10.8. The van der Waals surface area contributed by atoms with E-state index in [9.17, 15) is 0 Å². The molecule has 0 radical (unpaired) electrons. The summed E-state index contributed by atoms with van der Waals surface area (Å²) in [4.78, 5) is 4.34. The summed E-state index contributed by atoms with van der Waals surface area (Å²) >= 11 is 7.62. The molecule has 0 amide bonds. The van der Waals surface area contributed by atoms with Gasteiger partial charge in [0, 0.05) is 18.0 Å². The molecule has 4 heteroatoms. The first-order chi connectivity index (χ1) is 10.1. The van der Waals surface area contributed by atoms with Gasteiger partial charge in [0.1, 0.15) is 0 Å². The minimum atomic E-state index is 0.332. The van der Waals surface area contributed by atoms with Gasteiger partial charge in [0.15, 0.2) is 0 Å². The lowest BCUT2D eigenvalue weighted by atomic mass is 10.0. The molecule has 0 saturated heterocycles. The van der Waals surface area contributed by atoms with Gasteiger partial charge < -0.3 is 5.32 Å². The Balaban J connectivity index is 2.09. The summed E-state index contributed by atoms with van der Waals surface area (Å²) in [6.07, 6.45) is 1.70. The molecule has 112 valence electrons. The normalized spacial score (nSPS) is 12.4. The molecule has 0 aliphatic rings. The number of rotatable bonds is 6. The molecular weight excluding hydrogens is 300 g/mol. The minimum absolute atomic E-state index is 0.332. The van der Waals surface area contributed by atoms with E-state index in [0.29, 0.717) is 11.1 Å². The Bertz CT molecular complexity index is 584. The van der Waals surface area contributed by atoms with Crippen LogP contribution in [0, 0.1) is 13.8 Å². The number of aromatic nitrogens is 1. The molecular formula is C17H21ClN2S. The van der Waals surface area contributed by atoms with Crippen LogP contribution in [0.3, 0.4) is 0 Å². The smallest absolute Gasteiger partial charge is 0.0961 e. The molecule has 1 N–H and O–H groups in total. The highest BCUT2D eigenvalue weighted by molar-refractivity contribution is 7.99. The molecule has 0 saturated carbocycles. The zero-order valence-corrected chi connectivity index (χ0v) is 14.3. The van der Waals surface area contributed by atoms with Crippen LogP contribution in [0.5, 0.6) is 0 Å². The van der Waals surface area contributed by atoms with E-state index in [-0.39, 0.29) is 0 Å². The van der Waals surface area contributed by atoms with Crippen LogP contribution >= 0.6 is 23.4 Å². The molecule has 0 bridgehead atoms. The van der Waals surface area contributed by atoms with Crippen molar-refractivity contribution in [3.8, 4) is 0 Å². The van der Waals surface area contributed by atoms with Crippen molar-refractivity contribution in [2.75, 3.05) is 12.3 Å². The van der Waals surface area contributed by atoms with Crippen LogP contribution in [0.2, 0.25) is 5.02 Å². The van der Waals surface area contributed by atoms with Crippen molar-refractivity contribution in [3.63, 3.8) is 0 Å². The predicted molar refractivity (Wildman–Crippen MR) is 92.3 cm³/mol. The minimum Gasteiger partial charge on any atom is -0.309 e. The topological polar surface area (TPSA) is 24.9 Å². The first-order valence-electron chi connectivity index (χ1n) is 7.15. The predicted octanol–water partition coefficient (Wildman–Crippen LogP) is 4.79. The van der Waals surface area contributed by atoms with Crippen LogP contribution in [0.4, 0.5) is 0 Å². The number of pyridine rings is 1. The van der Waals surface area contributed by atoms with Gasteiger partial charge in [-0.1, -0.05) is 42.3 Å². The van der Waals surface area contributed by atoms with E-state index in [0.717, 1.165) is 17.3 Å². The zero-order chi connectivity index (χ0) is 15.2. The van der Waals surface area contributed by atoms with E-state index in [1.807, 2.05) is 12.1 Å². The van der Waals surface area contributed by atoms with Gasteiger partial charge in [-0.25, -0.2) is 4.98 Å². The second-order valence-corrected chi connectivity index (χ2v) is 6.57. The van der Waals surface area contributed by atoms with Crippen molar-refractivity contribution < 1.29 is 0 Å². The lowest BCUT2D eigenvalue weighted by Crippen LogP contribution is -2.23. The van der Waals surface area contributed by atoms with Crippen molar-refractivity contribution in [1.29, 1.82) is 0 Å². The second-order valence-electron chi connectivity index (χ2n) is 5.10. The summed E-state index contributed by atoms with van der Waals surface area (Å²) in [5.74, 6) is 0.951. The number of nitrogens with zero attached hydrogens (tertiary/aromatic N) is 1. The summed E-state index contributed by atoms with van der Waals surface area (Å²) in [5, 5.41) is 5.25. The van der Waals surface area contributed by atoms with Crippen LogP contribution < -0.4 is 5.32 Å². The highest BCUT2D eigenvalue weighted by atomic mass is 35.5. The zero-order valence-electron chi connectivity index (χ0n) is 12.7. The first kappa shape index (κ1) is 16.3. The average molecular weight is 321 g/mol. The Morgan fingerprint density at radius 3 is 2.67 bits per heavy atom. The van der Waals surface area contributed by atoms with Crippen LogP contribution in [0.25, 0.3) is 0 Å². The van der Waals surface area contributed by atoms with E-state index in [1.165, 1.54) is 16.7 Å². The Morgan fingerprint density at radius 1 is 1.24 bits per heavy atom. The average Bonchev–Trinajstić information content (AvgIpc) is 2.46. The number of hydrogen-bond donors (Lipinski definition) is 1. The van der Waals surface area contributed by atoms with Crippen molar-refractivity contribution in [1.82, 2.24) is 10.3 Å². The van der Waals surface area contributed by atoms with Crippen molar-refractivity contribution >= 4 is 23.4 Å². The van der Waals surface area contributed by atoms with Crippen molar-refractivity contribution in [2.24, 2.45) is 0 Å². The van der Waals surface area contributed by atoms with E-state index < -0.39 is 0 Å². The molecule has 0 fully saturated rings. The summed E-state index contributed by atoms with van der Waals surface area (Å²) in [7, 11) is 0. The van der Waals surface area contributed by atoms with Crippen molar-refractivity contribution in [3.05, 3.63) is 58.2 Å². The van der Waals surface area contributed by atoms with Gasteiger partial charge >= 0.3 is 0 Å². The Kier molecular flexibility index (Phi) is 6.09. The van der Waals surface area contributed by atoms with Gasteiger partial charge in [-0.15, -0.1) is 11.8 Å². The summed E-state index contributed by atoms with van der Waals surface area (Å²) in [5.41, 5.74) is 4.01. The first-order valence-corrected chi connectivity index (χ1v) is 8.51. The molecule has 2 aromatic rings. The Labute approximate surface area is 136 Å². The molecule has 1 aromatic heterocycles. The molecule has 0 spiro atoms. The standard InChI is InChI=1S/C17H21ClN2S/c1-4-19-16(15-7-5-12(2)9-13(15)3)11-21-17-8-6-14(18)10-20-17/h5-10,16,19H,4,11H2,1-3H3. The number of hydrogen-bond acceptors (Lipinski definition) is 3. The monoisotopic (exact) mass is 320 g/mol. The fourth-order valence-electron chi connectivity index (χ4n) is 2.34. The molecule has 1 heterocycles. The van der Waals surface area contributed by atoms with E-state index in [2.05, 4.69) is 49.3 Å². The molecule has 0 aliphatic carbocycles. The third-order valence-corrected chi connectivity index (χ3v) is 4.61. The van der Waals surface area contributed by atoms with Gasteiger partial charge in [-0.05, 0) is 43.7 Å². The van der Waals surface area contributed by atoms with E-state index in [1.54, 1.807) is 18.0 Å². The quantitative estimate of drug-likeness (QED) is 0.774. The molecule has 0 aliphatic heterocycles. The van der Waals surface area contributed by atoms with Gasteiger partial charge in [0.2, 0.25) is 0 Å². The fraction of sp³-hybridized carbons (Fsp3) is 0.353. The van der Waals surface area contributed by atoms with Crippen LogP contribution in [0.1, 0.15) is 29.7 Å². The van der Waals surface area contributed by atoms with Crippen LogP contribution in [0.15, 0.2) is 41.6 Å². The lowest BCUT2D eigenvalue weighted by molar-refractivity contribution is 0.603. The second kappa shape index (κ2) is 7.83. The van der Waals surface area contributed by atoms with Gasteiger partial charge in [-0.3, -0.25) is 0 Å². The molecule has 1 aromatic carbocycles. The number of aryl methyl sites for hydroxylation is 2. The molecule has 21 heavy (non-hydrogen) atoms. The maximum Gasteiger partial charge on any atom is 0.0961 e. The molecule has 1 unspecified atom stereocenters. The highest BCUT2D eigenvalue weighted by Crippen LogP contribution is 2.26. The summed E-state index contributed by atoms with van der Waals surface area (Å²) in [6.45, 7) is 7.40. The van der Waals surface area contributed by atoms with E-state index in [4.69, 9.17) is 11.6 Å². The fourth-order valence-corrected chi connectivity index (χ4v) is 3.38. The Morgan fingerprint density at radius 2 is 2.05 bits per heavy atom. The molecule has 2 nitrogen and oxygen atoms in total. The summed E-state index contributed by atoms with van der Waals surface area (Å²) < 4.78 is 0. The van der Waals surface area contributed by atoms with Crippen LogP contribution in [-0.4, -0.2) is 17.3 Å². The third-order valence-electron chi connectivity index (χ3n) is 3.35. The largest absolute Gasteiger partial charge is 0.309 e. The number of thioether (sulfide) groups is 1. The van der Waals surface area contributed by atoms with Crippen molar-refractivity contribution in [2.45, 2.75) is 31.8 Å². The Hall–Kier alpha value is -1.03. The lowest BCUT2D eigenvalue weighted by Gasteiger charge is -2.20. The number of nitrogens with one attached hydrogen (secondary N) is 1. The number of benzene rings is 1. The van der Waals surface area contributed by atoms with Gasteiger partial charge in [-0.2, -0.15) is 0 Å².